The minimum atomic E-state index is -3.79. The van der Waals surface area contributed by atoms with Crippen molar-refractivity contribution in [1.82, 2.24) is 9.21 Å². The molecule has 3 aromatic rings. The van der Waals surface area contributed by atoms with Crippen LogP contribution < -0.4 is 0 Å². The van der Waals surface area contributed by atoms with E-state index in [0.29, 0.717) is 6.54 Å². The van der Waals surface area contributed by atoms with Crippen LogP contribution in [-0.2, 0) is 21.2 Å². The van der Waals surface area contributed by atoms with Crippen LogP contribution in [0.5, 0.6) is 0 Å². The van der Waals surface area contributed by atoms with Gasteiger partial charge in [-0.25, -0.2) is 8.42 Å². The molecule has 0 aliphatic carbocycles. The van der Waals surface area contributed by atoms with E-state index in [1.165, 1.54) is 9.18 Å². The third-order valence-electron chi connectivity index (χ3n) is 5.99. The number of benzene rings is 2. The Bertz CT molecular complexity index is 1200. The summed E-state index contributed by atoms with van der Waals surface area (Å²) in [4.78, 5) is 17.0. The Hall–Kier alpha value is -2.48. The number of hydrogen-bond acceptors (Lipinski definition) is 4. The van der Waals surface area contributed by atoms with Crippen molar-refractivity contribution in [3.05, 3.63) is 87.6 Å². The van der Waals surface area contributed by atoms with E-state index in [0.717, 1.165) is 23.1 Å². The summed E-state index contributed by atoms with van der Waals surface area (Å²) >= 11 is 1.72. The molecule has 1 aromatic heterocycles. The van der Waals surface area contributed by atoms with E-state index >= 15 is 0 Å². The molecular formula is C25H28N2O3S2. The van der Waals surface area contributed by atoms with Crippen LogP contribution in [0.1, 0.15) is 41.5 Å². The SMILES string of the molecule is Cc1ccccc1C1c2ccsc2CCN1C(=O)CN(C(C)C)S(=O)(=O)c1ccccc1. The van der Waals surface area contributed by atoms with Gasteiger partial charge in [-0.15, -0.1) is 11.3 Å². The number of rotatable bonds is 6. The summed E-state index contributed by atoms with van der Waals surface area (Å²) < 4.78 is 27.9. The highest BCUT2D eigenvalue weighted by atomic mass is 32.2. The van der Waals surface area contributed by atoms with E-state index in [-0.39, 0.29) is 29.4 Å². The first-order chi connectivity index (χ1) is 15.3. The molecule has 1 unspecified atom stereocenters. The van der Waals surface area contributed by atoms with E-state index in [1.54, 1.807) is 55.5 Å². The van der Waals surface area contributed by atoms with Crippen LogP contribution in [0, 0.1) is 6.92 Å². The molecule has 2 heterocycles. The zero-order valence-electron chi connectivity index (χ0n) is 18.6. The molecule has 1 aliphatic rings. The normalized spacial score (nSPS) is 16.4. The second-order valence-corrected chi connectivity index (χ2v) is 11.2. The second kappa shape index (κ2) is 9.17. The molecule has 1 amide bonds. The molecule has 0 fully saturated rings. The highest BCUT2D eigenvalue weighted by Gasteiger charge is 2.36. The number of amides is 1. The van der Waals surface area contributed by atoms with Gasteiger partial charge in [0.25, 0.3) is 0 Å². The van der Waals surface area contributed by atoms with Crippen LogP contribution in [0.2, 0.25) is 0 Å². The molecule has 1 atom stereocenters. The van der Waals surface area contributed by atoms with Crippen LogP contribution in [0.4, 0.5) is 0 Å². The van der Waals surface area contributed by atoms with E-state index in [9.17, 15) is 13.2 Å². The van der Waals surface area contributed by atoms with Gasteiger partial charge in [-0.2, -0.15) is 4.31 Å². The van der Waals surface area contributed by atoms with Gasteiger partial charge in [0.2, 0.25) is 15.9 Å². The van der Waals surface area contributed by atoms with E-state index < -0.39 is 10.0 Å². The lowest BCUT2D eigenvalue weighted by molar-refractivity contribution is -0.133. The molecule has 0 spiro atoms. The van der Waals surface area contributed by atoms with Crippen LogP contribution >= 0.6 is 11.3 Å². The van der Waals surface area contributed by atoms with Crippen molar-refractivity contribution >= 4 is 27.3 Å². The van der Waals surface area contributed by atoms with Gasteiger partial charge in [0.05, 0.1) is 17.5 Å². The lowest BCUT2D eigenvalue weighted by atomic mass is 9.90. The molecule has 0 saturated carbocycles. The predicted octanol–water partition coefficient (Wildman–Crippen LogP) is 4.63. The second-order valence-electron chi connectivity index (χ2n) is 8.35. The molecule has 4 rings (SSSR count). The van der Waals surface area contributed by atoms with Crippen molar-refractivity contribution in [3.63, 3.8) is 0 Å². The fourth-order valence-electron chi connectivity index (χ4n) is 4.31. The lowest BCUT2D eigenvalue weighted by Gasteiger charge is -2.38. The van der Waals surface area contributed by atoms with Crippen molar-refractivity contribution in [2.75, 3.05) is 13.1 Å². The van der Waals surface area contributed by atoms with Crippen LogP contribution in [0.15, 0.2) is 70.9 Å². The standard InChI is InChI=1S/C25H28N2O3S2/c1-18(2)27(32(29,30)20-10-5-4-6-11-20)17-24(28)26-15-13-23-22(14-16-31-23)25(26)21-12-8-7-9-19(21)3/h4-12,14,16,18,25H,13,15,17H2,1-3H3. The van der Waals surface area contributed by atoms with Gasteiger partial charge in [-0.3, -0.25) is 4.79 Å². The first-order valence-electron chi connectivity index (χ1n) is 10.8. The fraction of sp³-hybridized carbons (Fsp3) is 0.320. The molecule has 2 aromatic carbocycles. The van der Waals surface area contributed by atoms with Crippen molar-refractivity contribution in [3.8, 4) is 0 Å². The summed E-state index contributed by atoms with van der Waals surface area (Å²) in [5.74, 6) is -0.177. The summed E-state index contributed by atoms with van der Waals surface area (Å²) in [6.07, 6.45) is 0.786. The number of sulfonamides is 1. The van der Waals surface area contributed by atoms with E-state index in [4.69, 9.17) is 0 Å². The van der Waals surface area contributed by atoms with E-state index in [1.807, 2.05) is 17.0 Å². The Kier molecular flexibility index (Phi) is 6.51. The first kappa shape index (κ1) is 22.7. The van der Waals surface area contributed by atoms with Crippen LogP contribution in [0.25, 0.3) is 0 Å². The van der Waals surface area contributed by atoms with Gasteiger partial charge in [0, 0.05) is 17.5 Å². The summed E-state index contributed by atoms with van der Waals surface area (Å²) in [5.41, 5.74) is 3.35. The highest BCUT2D eigenvalue weighted by molar-refractivity contribution is 7.89. The maximum Gasteiger partial charge on any atom is 0.243 e. The zero-order valence-corrected chi connectivity index (χ0v) is 20.2. The monoisotopic (exact) mass is 468 g/mol. The topological polar surface area (TPSA) is 57.7 Å². The largest absolute Gasteiger partial charge is 0.330 e. The number of aryl methyl sites for hydroxylation is 1. The quantitative estimate of drug-likeness (QED) is 0.530. The molecule has 0 radical (unpaired) electrons. The van der Waals surface area contributed by atoms with Crippen molar-refractivity contribution in [1.29, 1.82) is 0 Å². The molecule has 0 bridgehead atoms. The molecule has 5 nitrogen and oxygen atoms in total. The third-order valence-corrected chi connectivity index (χ3v) is 9.02. The van der Waals surface area contributed by atoms with Gasteiger partial charge in [-0.05, 0) is 67.5 Å². The van der Waals surface area contributed by atoms with E-state index in [2.05, 4.69) is 30.5 Å². The number of fused-ring (bicyclic) bond motifs is 1. The average molecular weight is 469 g/mol. The van der Waals surface area contributed by atoms with Gasteiger partial charge < -0.3 is 4.90 Å². The molecule has 0 saturated heterocycles. The molecule has 0 N–H and O–H groups in total. The Morgan fingerprint density at radius 3 is 2.44 bits per heavy atom. The van der Waals surface area contributed by atoms with Crippen LogP contribution in [0.3, 0.4) is 0 Å². The molecule has 7 heteroatoms. The number of nitrogens with zero attached hydrogens (tertiary/aromatic N) is 2. The van der Waals surface area contributed by atoms with Crippen LogP contribution in [-0.4, -0.2) is 42.7 Å². The number of hydrogen-bond donors (Lipinski definition) is 0. The minimum absolute atomic E-state index is 0.177. The number of carbonyl (C=O) groups is 1. The fourth-order valence-corrected chi connectivity index (χ4v) is 6.82. The van der Waals surface area contributed by atoms with Gasteiger partial charge in [-0.1, -0.05) is 42.5 Å². The zero-order chi connectivity index (χ0) is 22.9. The Morgan fingerprint density at radius 2 is 1.75 bits per heavy atom. The first-order valence-corrected chi connectivity index (χ1v) is 13.1. The Labute approximate surface area is 194 Å². The van der Waals surface area contributed by atoms with Crippen molar-refractivity contribution in [2.24, 2.45) is 0 Å². The van der Waals surface area contributed by atoms with Gasteiger partial charge in [0.15, 0.2) is 0 Å². The summed E-state index contributed by atoms with van der Waals surface area (Å²) in [6, 6.07) is 18.0. The minimum Gasteiger partial charge on any atom is -0.330 e. The average Bonchev–Trinajstić information content (AvgIpc) is 3.26. The number of carbonyl (C=O) groups excluding carboxylic acids is 1. The maximum atomic E-state index is 13.6. The summed E-state index contributed by atoms with van der Waals surface area (Å²) in [7, 11) is -3.79. The smallest absolute Gasteiger partial charge is 0.243 e. The van der Waals surface area contributed by atoms with Gasteiger partial charge in [0.1, 0.15) is 0 Å². The molecular weight excluding hydrogens is 440 g/mol. The Balaban J connectivity index is 1.69. The maximum absolute atomic E-state index is 13.6. The summed E-state index contributed by atoms with van der Waals surface area (Å²) in [6.45, 7) is 6.05. The van der Waals surface area contributed by atoms with Crippen molar-refractivity contribution in [2.45, 2.75) is 44.2 Å². The molecule has 1 aliphatic heterocycles. The van der Waals surface area contributed by atoms with Crippen molar-refractivity contribution < 1.29 is 13.2 Å². The highest BCUT2D eigenvalue weighted by Crippen LogP contribution is 2.39. The van der Waals surface area contributed by atoms with Gasteiger partial charge >= 0.3 is 0 Å². The predicted molar refractivity (Wildman–Crippen MR) is 128 cm³/mol. The third kappa shape index (κ3) is 4.25. The lowest BCUT2D eigenvalue weighted by Crippen LogP contribution is -2.48. The molecule has 168 valence electrons. The Morgan fingerprint density at radius 1 is 1.06 bits per heavy atom. The molecule has 32 heavy (non-hydrogen) atoms. The number of thiophene rings is 1. The summed E-state index contributed by atoms with van der Waals surface area (Å²) in [5, 5.41) is 2.07.